The third-order valence-electron chi connectivity index (χ3n) is 4.84. The molecule has 2 fully saturated rings. The molecule has 0 amide bonds. The molecule has 0 N–H and O–H groups in total. The number of para-hydroxylation sites is 1. The molecule has 2 saturated carbocycles. The highest BCUT2D eigenvalue weighted by atomic mass is 16.6. The van der Waals surface area contributed by atoms with Gasteiger partial charge in [0.2, 0.25) is 0 Å². The van der Waals surface area contributed by atoms with Gasteiger partial charge in [-0.15, -0.1) is 0 Å². The van der Waals surface area contributed by atoms with E-state index >= 15 is 0 Å². The van der Waals surface area contributed by atoms with E-state index in [1.54, 1.807) is 12.1 Å². The van der Waals surface area contributed by atoms with Crippen molar-refractivity contribution in [3.63, 3.8) is 0 Å². The standard InChI is InChI=1S/C17H24N2O2/c20-19(21)17-9-5-4-8-15(17)13-18(16-10-11-16)12-14-6-2-1-3-7-14/h4-5,8-9,14,16H,1-3,6-7,10-13H2. The van der Waals surface area contributed by atoms with Crippen molar-refractivity contribution in [2.24, 2.45) is 5.92 Å². The SMILES string of the molecule is O=[N+]([O-])c1ccccc1CN(CC1CCCCC1)C1CC1. The topological polar surface area (TPSA) is 46.4 Å². The van der Waals surface area contributed by atoms with Crippen molar-refractivity contribution in [3.05, 3.63) is 39.9 Å². The van der Waals surface area contributed by atoms with Gasteiger partial charge < -0.3 is 0 Å². The van der Waals surface area contributed by atoms with Crippen LogP contribution < -0.4 is 0 Å². The lowest BCUT2D eigenvalue weighted by molar-refractivity contribution is -0.385. The van der Waals surface area contributed by atoms with E-state index in [4.69, 9.17) is 0 Å². The summed E-state index contributed by atoms with van der Waals surface area (Å²) >= 11 is 0. The van der Waals surface area contributed by atoms with Gasteiger partial charge in [-0.05, 0) is 31.6 Å². The molecule has 3 rings (SSSR count). The summed E-state index contributed by atoms with van der Waals surface area (Å²) in [6.07, 6.45) is 9.27. The Morgan fingerprint density at radius 1 is 1.10 bits per heavy atom. The van der Waals surface area contributed by atoms with Gasteiger partial charge in [0, 0.05) is 30.8 Å². The summed E-state index contributed by atoms with van der Waals surface area (Å²) in [5.74, 6) is 0.794. The predicted molar refractivity (Wildman–Crippen MR) is 83.1 cm³/mol. The van der Waals surface area contributed by atoms with Gasteiger partial charge in [-0.25, -0.2) is 0 Å². The van der Waals surface area contributed by atoms with Crippen molar-refractivity contribution in [2.45, 2.75) is 57.5 Å². The van der Waals surface area contributed by atoms with Gasteiger partial charge in [-0.1, -0.05) is 37.5 Å². The molecule has 0 atom stereocenters. The first-order chi connectivity index (χ1) is 10.2. The second kappa shape index (κ2) is 6.56. The maximum absolute atomic E-state index is 11.2. The van der Waals surface area contributed by atoms with Crippen LogP contribution in [0.1, 0.15) is 50.5 Å². The zero-order chi connectivity index (χ0) is 14.7. The molecule has 114 valence electrons. The quantitative estimate of drug-likeness (QED) is 0.584. The number of benzene rings is 1. The zero-order valence-electron chi connectivity index (χ0n) is 12.5. The first-order valence-corrected chi connectivity index (χ1v) is 8.20. The number of nitrogens with zero attached hydrogens (tertiary/aromatic N) is 2. The zero-order valence-corrected chi connectivity index (χ0v) is 12.5. The molecule has 2 aliphatic carbocycles. The molecule has 0 aliphatic heterocycles. The van der Waals surface area contributed by atoms with E-state index in [-0.39, 0.29) is 10.6 Å². The smallest absolute Gasteiger partial charge is 0.273 e. The van der Waals surface area contributed by atoms with Crippen molar-refractivity contribution in [2.75, 3.05) is 6.54 Å². The maximum atomic E-state index is 11.2. The molecule has 1 aromatic carbocycles. The van der Waals surface area contributed by atoms with Crippen LogP contribution in [-0.2, 0) is 6.54 Å². The Morgan fingerprint density at radius 2 is 1.81 bits per heavy atom. The fourth-order valence-corrected chi connectivity index (χ4v) is 3.53. The summed E-state index contributed by atoms with van der Waals surface area (Å²) in [5.41, 5.74) is 1.14. The first-order valence-electron chi connectivity index (χ1n) is 8.20. The van der Waals surface area contributed by atoms with Crippen molar-refractivity contribution in [3.8, 4) is 0 Å². The van der Waals surface area contributed by atoms with Gasteiger partial charge in [0.25, 0.3) is 5.69 Å². The molecule has 0 aromatic heterocycles. The molecule has 0 radical (unpaired) electrons. The molecule has 0 bridgehead atoms. The van der Waals surface area contributed by atoms with E-state index in [1.807, 2.05) is 12.1 Å². The largest absolute Gasteiger partial charge is 0.296 e. The van der Waals surface area contributed by atoms with E-state index in [1.165, 1.54) is 44.9 Å². The van der Waals surface area contributed by atoms with Gasteiger partial charge in [0.05, 0.1) is 4.92 Å². The Labute approximate surface area is 126 Å². The fourth-order valence-electron chi connectivity index (χ4n) is 3.53. The van der Waals surface area contributed by atoms with Crippen LogP contribution in [0.2, 0.25) is 0 Å². The van der Waals surface area contributed by atoms with Crippen LogP contribution in [-0.4, -0.2) is 22.4 Å². The molecule has 0 spiro atoms. The molecule has 21 heavy (non-hydrogen) atoms. The van der Waals surface area contributed by atoms with E-state index in [0.29, 0.717) is 6.04 Å². The molecular weight excluding hydrogens is 264 g/mol. The highest BCUT2D eigenvalue weighted by Gasteiger charge is 2.32. The van der Waals surface area contributed by atoms with Crippen LogP contribution >= 0.6 is 0 Å². The Hall–Kier alpha value is -1.42. The lowest BCUT2D eigenvalue weighted by Gasteiger charge is -2.29. The second-order valence-electron chi connectivity index (χ2n) is 6.55. The van der Waals surface area contributed by atoms with Gasteiger partial charge in [-0.3, -0.25) is 15.0 Å². The third kappa shape index (κ3) is 3.82. The van der Waals surface area contributed by atoms with Gasteiger partial charge in [0.1, 0.15) is 0 Å². The Bertz CT molecular complexity index is 493. The molecule has 4 heteroatoms. The highest BCUT2D eigenvalue weighted by molar-refractivity contribution is 5.39. The minimum atomic E-state index is -0.249. The molecular formula is C17H24N2O2. The maximum Gasteiger partial charge on any atom is 0.273 e. The Kier molecular flexibility index (Phi) is 4.54. The molecule has 4 nitrogen and oxygen atoms in total. The van der Waals surface area contributed by atoms with Crippen LogP contribution in [0, 0.1) is 16.0 Å². The van der Waals surface area contributed by atoms with Crippen LogP contribution in [0.5, 0.6) is 0 Å². The number of hydrogen-bond donors (Lipinski definition) is 0. The highest BCUT2D eigenvalue weighted by Crippen LogP contribution is 2.33. The van der Waals surface area contributed by atoms with Crippen LogP contribution in [0.3, 0.4) is 0 Å². The number of hydrogen-bond acceptors (Lipinski definition) is 3. The summed E-state index contributed by atoms with van der Waals surface area (Å²) in [4.78, 5) is 13.4. The van der Waals surface area contributed by atoms with Gasteiger partial charge in [0.15, 0.2) is 0 Å². The monoisotopic (exact) mass is 288 g/mol. The van der Waals surface area contributed by atoms with Crippen LogP contribution in [0.25, 0.3) is 0 Å². The van der Waals surface area contributed by atoms with E-state index in [9.17, 15) is 10.1 Å². The molecule has 2 aliphatic rings. The number of nitro benzene ring substituents is 1. The average Bonchev–Trinajstić information content (AvgIpc) is 3.33. The van der Waals surface area contributed by atoms with E-state index in [0.717, 1.165) is 24.6 Å². The van der Waals surface area contributed by atoms with E-state index < -0.39 is 0 Å². The first kappa shape index (κ1) is 14.5. The Morgan fingerprint density at radius 3 is 2.48 bits per heavy atom. The summed E-state index contributed by atoms with van der Waals surface area (Å²) in [6, 6.07) is 7.86. The minimum Gasteiger partial charge on any atom is -0.296 e. The normalized spacial score (nSPS) is 19.9. The molecule has 0 saturated heterocycles. The lowest BCUT2D eigenvalue weighted by atomic mass is 9.89. The lowest BCUT2D eigenvalue weighted by Crippen LogP contribution is -2.32. The van der Waals surface area contributed by atoms with Crippen molar-refractivity contribution >= 4 is 5.69 Å². The van der Waals surface area contributed by atoms with Crippen molar-refractivity contribution < 1.29 is 4.92 Å². The number of nitro groups is 1. The second-order valence-corrected chi connectivity index (χ2v) is 6.55. The third-order valence-corrected chi connectivity index (χ3v) is 4.84. The van der Waals surface area contributed by atoms with Crippen LogP contribution in [0.15, 0.2) is 24.3 Å². The van der Waals surface area contributed by atoms with Crippen molar-refractivity contribution in [1.29, 1.82) is 0 Å². The number of rotatable bonds is 6. The van der Waals surface area contributed by atoms with Gasteiger partial charge >= 0.3 is 0 Å². The summed E-state index contributed by atoms with van der Waals surface area (Å²) in [7, 11) is 0. The van der Waals surface area contributed by atoms with E-state index in [2.05, 4.69) is 4.90 Å². The summed E-state index contributed by atoms with van der Waals surface area (Å²) in [6.45, 7) is 1.86. The predicted octanol–water partition coefficient (Wildman–Crippen LogP) is 4.14. The summed E-state index contributed by atoms with van der Waals surface area (Å²) < 4.78 is 0. The molecule has 1 aromatic rings. The Balaban J connectivity index is 1.69. The van der Waals surface area contributed by atoms with Gasteiger partial charge in [-0.2, -0.15) is 0 Å². The fraction of sp³-hybridized carbons (Fsp3) is 0.647. The summed E-state index contributed by atoms with van der Waals surface area (Å²) in [5, 5.41) is 11.2. The van der Waals surface area contributed by atoms with Crippen LogP contribution in [0.4, 0.5) is 5.69 Å². The van der Waals surface area contributed by atoms with Crippen molar-refractivity contribution in [1.82, 2.24) is 4.90 Å². The molecule has 0 unspecified atom stereocenters. The minimum absolute atomic E-state index is 0.249. The average molecular weight is 288 g/mol. The molecule has 0 heterocycles.